The molecule has 0 saturated heterocycles. The van der Waals surface area contributed by atoms with E-state index in [0.717, 1.165) is 28.8 Å². The van der Waals surface area contributed by atoms with Gasteiger partial charge >= 0.3 is 0 Å². The van der Waals surface area contributed by atoms with Crippen LogP contribution in [0.25, 0.3) is 0 Å². The highest BCUT2D eigenvalue weighted by Gasteiger charge is 2.21. The van der Waals surface area contributed by atoms with Crippen molar-refractivity contribution >= 4 is 23.2 Å². The minimum atomic E-state index is -0.225. The summed E-state index contributed by atoms with van der Waals surface area (Å²) in [7, 11) is 0. The van der Waals surface area contributed by atoms with Gasteiger partial charge in [0, 0.05) is 5.69 Å². The first kappa shape index (κ1) is 19.2. The van der Waals surface area contributed by atoms with Gasteiger partial charge in [0.1, 0.15) is 5.15 Å². The van der Waals surface area contributed by atoms with E-state index in [9.17, 15) is 4.79 Å². The van der Waals surface area contributed by atoms with Gasteiger partial charge in [0.15, 0.2) is 0 Å². The molecule has 0 atom stereocenters. The average molecular weight is 382 g/mol. The molecule has 0 aliphatic heterocycles. The smallest absolute Gasteiger partial charge is 0.260 e. The van der Waals surface area contributed by atoms with Gasteiger partial charge in [-0.3, -0.25) is 4.79 Å². The lowest BCUT2D eigenvalue weighted by Gasteiger charge is -2.13. The van der Waals surface area contributed by atoms with Crippen molar-refractivity contribution in [2.75, 3.05) is 5.32 Å². The van der Waals surface area contributed by atoms with Crippen molar-refractivity contribution in [3.63, 3.8) is 0 Å². The lowest BCUT2D eigenvalue weighted by Crippen LogP contribution is -2.15. The molecule has 2 aromatic carbocycles. The third-order valence-electron chi connectivity index (χ3n) is 4.72. The zero-order valence-electron chi connectivity index (χ0n) is 16.1. The van der Waals surface area contributed by atoms with E-state index in [-0.39, 0.29) is 5.91 Å². The van der Waals surface area contributed by atoms with Crippen LogP contribution in [0.4, 0.5) is 5.69 Å². The first-order valence-electron chi connectivity index (χ1n) is 9.09. The Morgan fingerprint density at radius 3 is 2.48 bits per heavy atom. The number of benzene rings is 2. The maximum absolute atomic E-state index is 12.9. The lowest BCUT2D eigenvalue weighted by molar-refractivity contribution is 0.102. The summed E-state index contributed by atoms with van der Waals surface area (Å²) in [6.45, 7) is 8.45. The number of halogens is 1. The molecule has 4 nitrogen and oxygen atoms in total. The summed E-state index contributed by atoms with van der Waals surface area (Å²) in [6.07, 6.45) is 0.844. The molecule has 27 heavy (non-hydrogen) atoms. The van der Waals surface area contributed by atoms with Crippen LogP contribution < -0.4 is 5.32 Å². The SMILES string of the molecule is CCc1cccc(C)c1NC(=O)c1c(C)nn(Cc2ccc(C)cc2)c1Cl. The fourth-order valence-corrected chi connectivity index (χ4v) is 3.48. The second-order valence-corrected chi connectivity index (χ2v) is 7.17. The van der Waals surface area contributed by atoms with Crippen molar-refractivity contribution < 1.29 is 4.79 Å². The number of carbonyl (C=O) groups is 1. The number of aryl methyl sites for hydroxylation is 4. The van der Waals surface area contributed by atoms with E-state index in [2.05, 4.69) is 29.5 Å². The fraction of sp³-hybridized carbons (Fsp3) is 0.273. The van der Waals surface area contributed by atoms with Crippen LogP contribution in [0.15, 0.2) is 42.5 Å². The van der Waals surface area contributed by atoms with Crippen LogP contribution in [0.2, 0.25) is 5.15 Å². The maximum atomic E-state index is 12.9. The number of para-hydroxylation sites is 1. The Balaban J connectivity index is 1.88. The minimum absolute atomic E-state index is 0.225. The summed E-state index contributed by atoms with van der Waals surface area (Å²) in [5.74, 6) is -0.225. The maximum Gasteiger partial charge on any atom is 0.260 e. The first-order valence-corrected chi connectivity index (χ1v) is 9.46. The van der Waals surface area contributed by atoms with Crippen molar-refractivity contribution in [2.24, 2.45) is 0 Å². The Hall–Kier alpha value is -2.59. The second-order valence-electron chi connectivity index (χ2n) is 6.81. The first-order chi connectivity index (χ1) is 12.9. The predicted molar refractivity (Wildman–Crippen MR) is 111 cm³/mol. The van der Waals surface area contributed by atoms with Gasteiger partial charge in [0.2, 0.25) is 0 Å². The highest BCUT2D eigenvalue weighted by atomic mass is 35.5. The van der Waals surface area contributed by atoms with E-state index in [1.165, 1.54) is 5.56 Å². The Morgan fingerprint density at radius 1 is 1.11 bits per heavy atom. The van der Waals surface area contributed by atoms with Gasteiger partial charge in [-0.2, -0.15) is 5.10 Å². The molecule has 1 aromatic heterocycles. The molecule has 0 spiro atoms. The molecule has 0 aliphatic rings. The van der Waals surface area contributed by atoms with E-state index in [1.54, 1.807) is 4.68 Å². The predicted octanol–water partition coefficient (Wildman–Crippen LogP) is 5.32. The molecule has 1 N–H and O–H groups in total. The molecule has 0 aliphatic carbocycles. The Bertz CT molecular complexity index is 974. The van der Waals surface area contributed by atoms with E-state index < -0.39 is 0 Å². The van der Waals surface area contributed by atoms with E-state index >= 15 is 0 Å². The van der Waals surface area contributed by atoms with E-state index in [4.69, 9.17) is 11.6 Å². The standard InChI is InChI=1S/C22H24ClN3O/c1-5-18-8-6-7-15(3)20(18)24-22(27)19-16(4)25-26(21(19)23)13-17-11-9-14(2)10-12-17/h6-12H,5,13H2,1-4H3,(H,24,27). The molecule has 5 heteroatoms. The summed E-state index contributed by atoms with van der Waals surface area (Å²) in [4.78, 5) is 12.9. The zero-order chi connectivity index (χ0) is 19.6. The van der Waals surface area contributed by atoms with Crippen LogP contribution in [0.3, 0.4) is 0 Å². The Morgan fingerprint density at radius 2 is 1.81 bits per heavy atom. The molecule has 140 valence electrons. The third kappa shape index (κ3) is 4.06. The van der Waals surface area contributed by atoms with Crippen molar-refractivity contribution in [2.45, 2.75) is 40.7 Å². The Kier molecular flexibility index (Phi) is 5.66. The fourth-order valence-electron chi connectivity index (χ4n) is 3.16. The number of anilines is 1. The summed E-state index contributed by atoms with van der Waals surface area (Å²) < 4.78 is 1.68. The summed E-state index contributed by atoms with van der Waals surface area (Å²) in [5, 5.41) is 7.87. The number of nitrogens with zero attached hydrogens (tertiary/aromatic N) is 2. The van der Waals surface area contributed by atoms with Gasteiger partial charge in [0.05, 0.1) is 17.8 Å². The zero-order valence-corrected chi connectivity index (χ0v) is 16.9. The van der Waals surface area contributed by atoms with Gasteiger partial charge in [0.25, 0.3) is 5.91 Å². The lowest BCUT2D eigenvalue weighted by atomic mass is 10.1. The van der Waals surface area contributed by atoms with E-state index in [1.807, 2.05) is 51.1 Å². The number of nitrogens with one attached hydrogen (secondary N) is 1. The molecule has 0 unspecified atom stereocenters. The summed E-state index contributed by atoms with van der Waals surface area (Å²) in [5.41, 5.74) is 6.32. The van der Waals surface area contributed by atoms with Crippen molar-refractivity contribution in [3.05, 3.63) is 81.1 Å². The number of hydrogen-bond acceptors (Lipinski definition) is 2. The number of amides is 1. The Labute approximate surface area is 165 Å². The third-order valence-corrected chi connectivity index (χ3v) is 5.11. The van der Waals surface area contributed by atoms with Crippen molar-refractivity contribution in [1.29, 1.82) is 0 Å². The van der Waals surface area contributed by atoms with Crippen LogP contribution in [0.1, 0.15) is 45.2 Å². The molecule has 3 aromatic rings. The highest BCUT2D eigenvalue weighted by molar-refractivity contribution is 6.33. The van der Waals surface area contributed by atoms with Crippen LogP contribution in [0.5, 0.6) is 0 Å². The van der Waals surface area contributed by atoms with Crippen LogP contribution in [-0.2, 0) is 13.0 Å². The molecule has 3 rings (SSSR count). The van der Waals surface area contributed by atoms with E-state index in [0.29, 0.717) is 23.0 Å². The average Bonchev–Trinajstić information content (AvgIpc) is 2.92. The molecule has 1 heterocycles. The number of rotatable bonds is 5. The van der Waals surface area contributed by atoms with Gasteiger partial charge in [-0.25, -0.2) is 4.68 Å². The molecule has 0 fully saturated rings. The van der Waals surface area contributed by atoms with Gasteiger partial charge in [-0.1, -0.05) is 66.6 Å². The molecule has 0 saturated carbocycles. The largest absolute Gasteiger partial charge is 0.321 e. The monoisotopic (exact) mass is 381 g/mol. The summed E-state index contributed by atoms with van der Waals surface area (Å²) in [6, 6.07) is 14.2. The van der Waals surface area contributed by atoms with Crippen molar-refractivity contribution in [1.82, 2.24) is 9.78 Å². The van der Waals surface area contributed by atoms with Gasteiger partial charge in [-0.05, 0) is 43.9 Å². The van der Waals surface area contributed by atoms with Crippen molar-refractivity contribution in [3.8, 4) is 0 Å². The van der Waals surface area contributed by atoms with Crippen LogP contribution in [0, 0.1) is 20.8 Å². The molecule has 0 bridgehead atoms. The normalized spacial score (nSPS) is 10.9. The quantitative estimate of drug-likeness (QED) is 0.649. The topological polar surface area (TPSA) is 46.9 Å². The molecular formula is C22H24ClN3O. The molecular weight excluding hydrogens is 358 g/mol. The van der Waals surface area contributed by atoms with Gasteiger partial charge in [-0.15, -0.1) is 0 Å². The minimum Gasteiger partial charge on any atom is -0.321 e. The molecule has 0 radical (unpaired) electrons. The van der Waals surface area contributed by atoms with Crippen LogP contribution >= 0.6 is 11.6 Å². The number of aromatic nitrogens is 2. The summed E-state index contributed by atoms with van der Waals surface area (Å²) >= 11 is 6.52. The molecule has 1 amide bonds. The number of hydrogen-bond donors (Lipinski definition) is 1. The number of carbonyl (C=O) groups excluding carboxylic acids is 1. The highest BCUT2D eigenvalue weighted by Crippen LogP contribution is 2.26. The van der Waals surface area contributed by atoms with Gasteiger partial charge < -0.3 is 5.32 Å². The second kappa shape index (κ2) is 7.97. The van der Waals surface area contributed by atoms with Crippen LogP contribution in [-0.4, -0.2) is 15.7 Å².